The fourth-order valence-corrected chi connectivity index (χ4v) is 6.39. The molecule has 2 nitrogen and oxygen atoms in total. The Morgan fingerprint density at radius 2 is 1.31 bits per heavy atom. The molecule has 0 amide bonds. The van der Waals surface area contributed by atoms with Crippen LogP contribution in [0.25, 0.3) is 0 Å². The van der Waals surface area contributed by atoms with Crippen LogP contribution in [0.3, 0.4) is 0 Å². The normalized spacial score (nSPS) is 22.7. The second kappa shape index (κ2) is 7.27. The summed E-state index contributed by atoms with van der Waals surface area (Å²) in [5.74, 6) is 2.25. The van der Waals surface area contributed by atoms with E-state index < -0.39 is 0 Å². The SMILES string of the molecule is COc1cc2c(cc1OC)[C@@]1(c3ccccc3)c3ccccc3C[C@H]1[C@@H]2c1ccccc1. The Hall–Kier alpha value is -3.52. The highest BCUT2D eigenvalue weighted by Gasteiger charge is 2.58. The van der Waals surface area contributed by atoms with Crippen LogP contribution in [0.1, 0.15) is 39.3 Å². The van der Waals surface area contributed by atoms with Crippen molar-refractivity contribution in [3.63, 3.8) is 0 Å². The van der Waals surface area contributed by atoms with Gasteiger partial charge in [0.15, 0.2) is 11.5 Å². The van der Waals surface area contributed by atoms with Gasteiger partial charge in [0.05, 0.1) is 14.2 Å². The summed E-state index contributed by atoms with van der Waals surface area (Å²) in [6.07, 6.45) is 1.05. The lowest BCUT2D eigenvalue weighted by atomic mass is 9.67. The van der Waals surface area contributed by atoms with Gasteiger partial charge in [-0.25, -0.2) is 0 Å². The fourth-order valence-electron chi connectivity index (χ4n) is 6.39. The minimum Gasteiger partial charge on any atom is -0.493 e. The van der Waals surface area contributed by atoms with Gasteiger partial charge in [-0.3, -0.25) is 0 Å². The molecule has 32 heavy (non-hydrogen) atoms. The molecule has 0 aliphatic heterocycles. The van der Waals surface area contributed by atoms with Crippen molar-refractivity contribution in [3.05, 3.63) is 130 Å². The number of benzene rings is 4. The molecule has 0 saturated heterocycles. The van der Waals surface area contributed by atoms with Crippen LogP contribution in [0.15, 0.2) is 97.1 Å². The predicted molar refractivity (Wildman–Crippen MR) is 128 cm³/mol. The molecule has 0 unspecified atom stereocenters. The van der Waals surface area contributed by atoms with E-state index in [1.54, 1.807) is 14.2 Å². The zero-order chi connectivity index (χ0) is 21.7. The number of ether oxygens (including phenoxy) is 2. The minimum atomic E-state index is -0.215. The molecule has 0 saturated carbocycles. The molecule has 2 aliphatic carbocycles. The van der Waals surface area contributed by atoms with Gasteiger partial charge < -0.3 is 9.47 Å². The Bertz CT molecular complexity index is 1280. The van der Waals surface area contributed by atoms with Gasteiger partial charge in [0.2, 0.25) is 0 Å². The van der Waals surface area contributed by atoms with Crippen molar-refractivity contribution in [2.24, 2.45) is 5.92 Å². The van der Waals surface area contributed by atoms with E-state index >= 15 is 0 Å². The topological polar surface area (TPSA) is 18.5 Å². The van der Waals surface area contributed by atoms with Crippen molar-refractivity contribution in [2.75, 3.05) is 14.2 Å². The predicted octanol–water partition coefficient (Wildman–Crippen LogP) is 6.36. The maximum atomic E-state index is 5.79. The lowest BCUT2D eigenvalue weighted by Crippen LogP contribution is -2.32. The van der Waals surface area contributed by atoms with E-state index in [9.17, 15) is 0 Å². The Balaban J connectivity index is 1.74. The van der Waals surface area contributed by atoms with Crippen LogP contribution in [-0.4, -0.2) is 14.2 Å². The summed E-state index contributed by atoms with van der Waals surface area (Å²) in [4.78, 5) is 0. The molecule has 0 heterocycles. The summed E-state index contributed by atoms with van der Waals surface area (Å²) >= 11 is 0. The third-order valence-corrected chi connectivity index (χ3v) is 7.54. The Morgan fingerprint density at radius 3 is 2.03 bits per heavy atom. The monoisotopic (exact) mass is 418 g/mol. The highest BCUT2D eigenvalue weighted by atomic mass is 16.5. The van der Waals surface area contributed by atoms with Gasteiger partial charge in [0.25, 0.3) is 0 Å². The first kappa shape index (κ1) is 19.2. The van der Waals surface area contributed by atoms with Crippen LogP contribution in [0.5, 0.6) is 11.5 Å². The molecule has 0 spiro atoms. The number of rotatable bonds is 4. The van der Waals surface area contributed by atoms with E-state index in [-0.39, 0.29) is 11.3 Å². The molecule has 0 radical (unpaired) electrons. The van der Waals surface area contributed by atoms with Gasteiger partial charge in [0.1, 0.15) is 0 Å². The Morgan fingerprint density at radius 1 is 0.688 bits per heavy atom. The Labute approximate surface area is 189 Å². The second-order valence-corrected chi connectivity index (χ2v) is 8.82. The van der Waals surface area contributed by atoms with Crippen molar-refractivity contribution >= 4 is 0 Å². The summed E-state index contributed by atoms with van der Waals surface area (Å²) in [5.41, 5.74) is 8.04. The zero-order valence-corrected chi connectivity index (χ0v) is 18.4. The summed E-state index contributed by atoms with van der Waals surface area (Å²) in [6, 6.07) is 35.4. The van der Waals surface area contributed by atoms with Crippen molar-refractivity contribution < 1.29 is 9.47 Å². The summed E-state index contributed by atoms with van der Waals surface area (Å²) < 4.78 is 11.5. The zero-order valence-electron chi connectivity index (χ0n) is 18.4. The van der Waals surface area contributed by atoms with E-state index in [1.807, 2.05) is 0 Å². The number of fused-ring (bicyclic) bond motifs is 5. The Kier molecular flexibility index (Phi) is 4.36. The second-order valence-electron chi connectivity index (χ2n) is 8.82. The van der Waals surface area contributed by atoms with Crippen LogP contribution < -0.4 is 9.47 Å². The number of hydrogen-bond donors (Lipinski definition) is 0. The van der Waals surface area contributed by atoms with E-state index in [2.05, 4.69) is 97.1 Å². The maximum absolute atomic E-state index is 5.79. The van der Waals surface area contributed by atoms with Crippen molar-refractivity contribution in [2.45, 2.75) is 17.8 Å². The molecule has 2 aliphatic rings. The standard InChI is InChI=1S/C30H26O2/c1-31-27-18-23-25(19-28(27)32-2)30(22-14-7-4-8-15-22)24-16-10-9-13-21(24)17-26(30)29(23)20-11-5-3-6-12-20/h3-16,18-19,26,29H,17H2,1-2H3/t26-,29+,30+/m0/s1. The maximum Gasteiger partial charge on any atom is 0.161 e. The fraction of sp³-hybridized carbons (Fsp3) is 0.200. The molecule has 6 rings (SSSR count). The first-order chi connectivity index (χ1) is 15.8. The number of methoxy groups -OCH3 is 2. The summed E-state index contributed by atoms with van der Waals surface area (Å²) in [5, 5.41) is 0. The van der Waals surface area contributed by atoms with Crippen molar-refractivity contribution in [1.29, 1.82) is 0 Å². The van der Waals surface area contributed by atoms with Crippen LogP contribution >= 0.6 is 0 Å². The molecule has 3 atom stereocenters. The molecule has 2 heteroatoms. The quantitative estimate of drug-likeness (QED) is 0.384. The first-order valence-corrected chi connectivity index (χ1v) is 11.2. The molecule has 0 bridgehead atoms. The minimum absolute atomic E-state index is 0.215. The smallest absolute Gasteiger partial charge is 0.161 e. The van der Waals surface area contributed by atoms with Gasteiger partial charge in [-0.2, -0.15) is 0 Å². The van der Waals surface area contributed by atoms with E-state index in [4.69, 9.17) is 9.47 Å². The van der Waals surface area contributed by atoms with Crippen LogP contribution in [-0.2, 0) is 11.8 Å². The van der Waals surface area contributed by atoms with E-state index in [1.165, 1.54) is 33.4 Å². The summed E-state index contributed by atoms with van der Waals surface area (Å²) in [7, 11) is 3.45. The molecule has 0 aromatic heterocycles. The molecular weight excluding hydrogens is 392 g/mol. The van der Waals surface area contributed by atoms with Crippen LogP contribution in [0, 0.1) is 5.92 Å². The van der Waals surface area contributed by atoms with Crippen molar-refractivity contribution in [3.8, 4) is 11.5 Å². The van der Waals surface area contributed by atoms with Gasteiger partial charge in [0, 0.05) is 11.3 Å². The summed E-state index contributed by atoms with van der Waals surface area (Å²) in [6.45, 7) is 0. The molecular formula is C30H26O2. The molecule has 4 aromatic rings. The molecule has 158 valence electrons. The molecule has 0 N–H and O–H groups in total. The van der Waals surface area contributed by atoms with Gasteiger partial charge in [-0.05, 0) is 57.9 Å². The highest BCUT2D eigenvalue weighted by Crippen LogP contribution is 2.65. The highest BCUT2D eigenvalue weighted by molar-refractivity contribution is 5.68. The van der Waals surface area contributed by atoms with Crippen molar-refractivity contribution in [1.82, 2.24) is 0 Å². The lowest BCUT2D eigenvalue weighted by Gasteiger charge is -2.35. The lowest BCUT2D eigenvalue weighted by molar-refractivity contribution is 0.354. The van der Waals surface area contributed by atoms with Gasteiger partial charge in [-0.1, -0.05) is 84.9 Å². The average Bonchev–Trinajstić information content (AvgIpc) is 3.34. The van der Waals surface area contributed by atoms with Crippen LogP contribution in [0.2, 0.25) is 0 Å². The number of hydrogen-bond acceptors (Lipinski definition) is 2. The van der Waals surface area contributed by atoms with Gasteiger partial charge >= 0.3 is 0 Å². The third-order valence-electron chi connectivity index (χ3n) is 7.54. The molecule has 0 fully saturated rings. The van der Waals surface area contributed by atoms with Gasteiger partial charge in [-0.15, -0.1) is 0 Å². The van der Waals surface area contributed by atoms with Crippen LogP contribution in [0.4, 0.5) is 0 Å². The third kappa shape index (κ3) is 2.47. The molecule has 4 aromatic carbocycles. The van der Waals surface area contributed by atoms with E-state index in [0.717, 1.165) is 17.9 Å². The average molecular weight is 419 g/mol. The first-order valence-electron chi connectivity index (χ1n) is 11.2. The largest absolute Gasteiger partial charge is 0.493 e. The van der Waals surface area contributed by atoms with E-state index in [0.29, 0.717) is 5.92 Å².